The minimum atomic E-state index is -1.58. The van der Waals surface area contributed by atoms with E-state index < -0.39 is 23.4 Å². The molecule has 17 heavy (non-hydrogen) atoms. The zero-order valence-electron chi connectivity index (χ0n) is 8.90. The molecule has 92 valence electrons. The maximum absolute atomic E-state index is 13.2. The number of halogens is 3. The van der Waals surface area contributed by atoms with E-state index in [1.54, 1.807) is 0 Å². The molecule has 0 bridgehead atoms. The van der Waals surface area contributed by atoms with E-state index in [1.807, 2.05) is 0 Å². The SMILES string of the molecule is O=C(CC1CNC1)Nc1ccc(F)c(F)c1F. The first kappa shape index (κ1) is 11.9. The van der Waals surface area contributed by atoms with Gasteiger partial charge in [-0.3, -0.25) is 4.79 Å². The predicted molar refractivity (Wildman–Crippen MR) is 55.9 cm³/mol. The Kier molecular flexibility index (Phi) is 3.33. The second-order valence-corrected chi connectivity index (χ2v) is 4.00. The summed E-state index contributed by atoms with van der Waals surface area (Å²) in [5.41, 5.74) is -0.332. The monoisotopic (exact) mass is 244 g/mol. The molecule has 1 amide bonds. The molecular weight excluding hydrogens is 233 g/mol. The normalized spacial score (nSPS) is 15.5. The molecule has 0 aromatic heterocycles. The molecule has 0 aliphatic carbocycles. The Bertz CT molecular complexity index is 447. The summed E-state index contributed by atoms with van der Waals surface area (Å²) in [6.07, 6.45) is 0.242. The van der Waals surface area contributed by atoms with Crippen LogP contribution in [0.5, 0.6) is 0 Å². The lowest BCUT2D eigenvalue weighted by Gasteiger charge is -2.26. The minimum Gasteiger partial charge on any atom is -0.323 e. The van der Waals surface area contributed by atoms with E-state index in [0.717, 1.165) is 25.2 Å². The van der Waals surface area contributed by atoms with Crippen molar-refractivity contribution in [3.8, 4) is 0 Å². The van der Waals surface area contributed by atoms with Crippen LogP contribution < -0.4 is 10.6 Å². The summed E-state index contributed by atoms with van der Waals surface area (Å²) in [5, 5.41) is 5.22. The van der Waals surface area contributed by atoms with Crippen LogP contribution >= 0.6 is 0 Å². The van der Waals surface area contributed by atoms with E-state index >= 15 is 0 Å². The van der Waals surface area contributed by atoms with E-state index in [-0.39, 0.29) is 18.0 Å². The molecule has 1 saturated heterocycles. The van der Waals surface area contributed by atoms with Gasteiger partial charge >= 0.3 is 0 Å². The lowest BCUT2D eigenvalue weighted by Crippen LogP contribution is -2.43. The van der Waals surface area contributed by atoms with Gasteiger partial charge in [0.1, 0.15) is 0 Å². The number of carbonyl (C=O) groups is 1. The zero-order chi connectivity index (χ0) is 12.4. The fourth-order valence-corrected chi connectivity index (χ4v) is 1.58. The number of nitrogens with one attached hydrogen (secondary N) is 2. The third-order valence-electron chi connectivity index (χ3n) is 2.65. The van der Waals surface area contributed by atoms with Crippen LogP contribution in [0.2, 0.25) is 0 Å². The van der Waals surface area contributed by atoms with Gasteiger partial charge in [0.2, 0.25) is 5.91 Å². The van der Waals surface area contributed by atoms with Gasteiger partial charge in [0.15, 0.2) is 17.5 Å². The summed E-state index contributed by atoms with van der Waals surface area (Å²) in [6, 6.07) is 1.78. The third kappa shape index (κ3) is 2.58. The van der Waals surface area contributed by atoms with Gasteiger partial charge in [-0.15, -0.1) is 0 Å². The smallest absolute Gasteiger partial charge is 0.224 e. The lowest BCUT2D eigenvalue weighted by atomic mass is 9.99. The molecule has 2 N–H and O–H groups in total. The number of hydrogen-bond acceptors (Lipinski definition) is 2. The standard InChI is InChI=1S/C11H11F3N2O/c12-7-1-2-8(11(14)10(7)13)16-9(17)3-6-4-15-5-6/h1-2,6,15H,3-5H2,(H,16,17). The van der Waals surface area contributed by atoms with Crippen LogP contribution in [0.25, 0.3) is 0 Å². The highest BCUT2D eigenvalue weighted by Crippen LogP contribution is 2.20. The maximum atomic E-state index is 13.2. The van der Waals surface area contributed by atoms with E-state index in [1.165, 1.54) is 0 Å². The molecule has 1 aliphatic rings. The van der Waals surface area contributed by atoms with Gasteiger partial charge in [-0.2, -0.15) is 0 Å². The van der Waals surface area contributed by atoms with Crippen molar-refractivity contribution in [1.82, 2.24) is 5.32 Å². The number of amides is 1. The predicted octanol–water partition coefficient (Wildman–Crippen LogP) is 1.65. The molecule has 0 atom stereocenters. The Morgan fingerprint density at radius 2 is 2.00 bits per heavy atom. The van der Waals surface area contributed by atoms with Gasteiger partial charge in [-0.1, -0.05) is 0 Å². The number of anilines is 1. The first-order valence-electron chi connectivity index (χ1n) is 5.22. The van der Waals surface area contributed by atoms with Gasteiger partial charge in [-0.25, -0.2) is 13.2 Å². The largest absolute Gasteiger partial charge is 0.323 e. The van der Waals surface area contributed by atoms with Crippen LogP contribution in [0.1, 0.15) is 6.42 Å². The quantitative estimate of drug-likeness (QED) is 0.794. The molecule has 6 heteroatoms. The van der Waals surface area contributed by atoms with Crippen LogP contribution in [-0.4, -0.2) is 19.0 Å². The molecular formula is C11H11F3N2O. The van der Waals surface area contributed by atoms with Gasteiger partial charge in [0.25, 0.3) is 0 Å². The van der Waals surface area contributed by atoms with Gasteiger partial charge in [0.05, 0.1) is 5.69 Å². The van der Waals surface area contributed by atoms with Gasteiger partial charge < -0.3 is 10.6 Å². The van der Waals surface area contributed by atoms with E-state index in [9.17, 15) is 18.0 Å². The zero-order valence-corrected chi connectivity index (χ0v) is 8.90. The number of benzene rings is 1. The van der Waals surface area contributed by atoms with Crippen LogP contribution in [0.15, 0.2) is 12.1 Å². The molecule has 1 aromatic rings. The fraction of sp³-hybridized carbons (Fsp3) is 0.364. The second-order valence-electron chi connectivity index (χ2n) is 4.00. The highest BCUT2D eigenvalue weighted by molar-refractivity contribution is 5.91. The molecule has 3 nitrogen and oxygen atoms in total. The number of carbonyl (C=O) groups excluding carboxylic acids is 1. The summed E-state index contributed by atoms with van der Waals surface area (Å²) in [7, 11) is 0. The van der Waals surface area contributed by atoms with Crippen molar-refractivity contribution in [2.45, 2.75) is 6.42 Å². The first-order valence-corrected chi connectivity index (χ1v) is 5.22. The second kappa shape index (κ2) is 4.75. The highest BCUT2D eigenvalue weighted by Gasteiger charge is 2.21. The molecule has 1 fully saturated rings. The molecule has 0 saturated carbocycles. The van der Waals surface area contributed by atoms with Crippen LogP contribution in [0.3, 0.4) is 0 Å². The van der Waals surface area contributed by atoms with Crippen LogP contribution in [-0.2, 0) is 4.79 Å². The van der Waals surface area contributed by atoms with E-state index in [4.69, 9.17) is 0 Å². The average molecular weight is 244 g/mol. The number of hydrogen-bond donors (Lipinski definition) is 2. The molecule has 0 unspecified atom stereocenters. The summed E-state index contributed by atoms with van der Waals surface area (Å²) in [4.78, 5) is 11.4. The van der Waals surface area contributed by atoms with E-state index in [0.29, 0.717) is 0 Å². The topological polar surface area (TPSA) is 41.1 Å². The first-order chi connectivity index (χ1) is 8.08. The van der Waals surface area contributed by atoms with Crippen molar-refractivity contribution in [1.29, 1.82) is 0 Å². The summed E-state index contributed by atoms with van der Waals surface area (Å²) in [5.74, 6) is -4.40. The highest BCUT2D eigenvalue weighted by atomic mass is 19.2. The van der Waals surface area contributed by atoms with Crippen molar-refractivity contribution >= 4 is 11.6 Å². The van der Waals surface area contributed by atoms with Gasteiger partial charge in [-0.05, 0) is 31.1 Å². The molecule has 1 aliphatic heterocycles. The molecule has 0 spiro atoms. The van der Waals surface area contributed by atoms with Crippen molar-refractivity contribution in [2.75, 3.05) is 18.4 Å². The Morgan fingerprint density at radius 1 is 1.29 bits per heavy atom. The minimum absolute atomic E-state index is 0.225. The lowest BCUT2D eigenvalue weighted by molar-refractivity contribution is -0.117. The maximum Gasteiger partial charge on any atom is 0.224 e. The molecule has 1 aromatic carbocycles. The van der Waals surface area contributed by atoms with Crippen molar-refractivity contribution in [3.05, 3.63) is 29.6 Å². The van der Waals surface area contributed by atoms with Crippen molar-refractivity contribution in [3.63, 3.8) is 0 Å². The number of rotatable bonds is 3. The summed E-state index contributed by atoms with van der Waals surface area (Å²) in [6.45, 7) is 1.49. The molecule has 1 heterocycles. The Hall–Kier alpha value is -1.56. The Labute approximate surface area is 96.0 Å². The molecule has 2 rings (SSSR count). The van der Waals surface area contributed by atoms with Crippen LogP contribution in [0, 0.1) is 23.4 Å². The van der Waals surface area contributed by atoms with Crippen molar-refractivity contribution in [2.24, 2.45) is 5.92 Å². The van der Waals surface area contributed by atoms with Crippen LogP contribution in [0.4, 0.5) is 18.9 Å². The Morgan fingerprint density at radius 3 is 2.59 bits per heavy atom. The Balaban J connectivity index is 2.02. The third-order valence-corrected chi connectivity index (χ3v) is 2.65. The van der Waals surface area contributed by atoms with Gasteiger partial charge in [0, 0.05) is 6.42 Å². The molecule has 0 radical (unpaired) electrons. The van der Waals surface area contributed by atoms with E-state index in [2.05, 4.69) is 10.6 Å². The summed E-state index contributed by atoms with van der Waals surface area (Å²) >= 11 is 0. The van der Waals surface area contributed by atoms with Crippen molar-refractivity contribution < 1.29 is 18.0 Å². The summed E-state index contributed by atoms with van der Waals surface area (Å²) < 4.78 is 38.7. The average Bonchev–Trinajstić information content (AvgIpc) is 2.25. The fourth-order valence-electron chi connectivity index (χ4n) is 1.58.